The molecule has 0 radical (unpaired) electrons. The second kappa shape index (κ2) is 9.79. The second-order valence-electron chi connectivity index (χ2n) is 8.68. The van der Waals surface area contributed by atoms with Gasteiger partial charge in [0.2, 0.25) is 5.88 Å². The first kappa shape index (κ1) is 23.5. The molecule has 36 heavy (non-hydrogen) atoms. The minimum absolute atomic E-state index is 0.0454. The van der Waals surface area contributed by atoms with Crippen LogP contribution in [0.3, 0.4) is 0 Å². The molecule has 2 aromatic rings. The van der Waals surface area contributed by atoms with E-state index >= 15 is 0 Å². The van der Waals surface area contributed by atoms with E-state index in [2.05, 4.69) is 6.07 Å². The molecule has 5 rings (SSSR count). The van der Waals surface area contributed by atoms with Gasteiger partial charge in [0.1, 0.15) is 23.2 Å². The number of ether oxygens (including phenoxy) is 4. The van der Waals surface area contributed by atoms with Crippen LogP contribution in [0.5, 0.6) is 11.5 Å². The molecule has 1 saturated heterocycles. The van der Waals surface area contributed by atoms with Gasteiger partial charge in [0.05, 0.1) is 32.5 Å². The molecular weight excluding hydrogens is 466 g/mol. The van der Waals surface area contributed by atoms with Crippen LogP contribution in [-0.4, -0.2) is 50.2 Å². The van der Waals surface area contributed by atoms with Crippen LogP contribution in [0.2, 0.25) is 0 Å². The van der Waals surface area contributed by atoms with Crippen molar-refractivity contribution in [2.24, 2.45) is 5.73 Å². The quantitative estimate of drug-likeness (QED) is 0.682. The van der Waals surface area contributed by atoms with E-state index in [1.807, 2.05) is 6.07 Å². The molecule has 1 aliphatic carbocycles. The Morgan fingerprint density at radius 2 is 2.00 bits per heavy atom. The van der Waals surface area contributed by atoms with Crippen LogP contribution >= 0.6 is 0 Å². The Kier molecular flexibility index (Phi) is 6.40. The summed E-state index contributed by atoms with van der Waals surface area (Å²) in [7, 11) is 1.45. The molecule has 0 bridgehead atoms. The Morgan fingerprint density at radius 3 is 2.69 bits per heavy atom. The van der Waals surface area contributed by atoms with Crippen molar-refractivity contribution in [1.82, 2.24) is 4.90 Å². The molecule has 2 N–H and O–H groups in total. The fraction of sp³-hybridized carbons (Fsp3) is 0.346. The summed E-state index contributed by atoms with van der Waals surface area (Å²) in [4.78, 5) is 27.5. The van der Waals surface area contributed by atoms with Gasteiger partial charge >= 0.3 is 6.09 Å². The van der Waals surface area contributed by atoms with Gasteiger partial charge in [-0.05, 0) is 29.8 Å². The van der Waals surface area contributed by atoms with Crippen LogP contribution in [0.15, 0.2) is 63.8 Å². The van der Waals surface area contributed by atoms with Gasteiger partial charge in [-0.3, -0.25) is 4.79 Å². The first-order valence-electron chi connectivity index (χ1n) is 11.6. The van der Waals surface area contributed by atoms with Crippen molar-refractivity contribution in [2.45, 2.75) is 24.7 Å². The molecule has 3 aliphatic rings. The highest BCUT2D eigenvalue weighted by atomic mass is 16.6. The predicted octanol–water partition coefficient (Wildman–Crippen LogP) is 3.33. The van der Waals surface area contributed by atoms with Crippen molar-refractivity contribution < 1.29 is 33.0 Å². The average Bonchev–Trinajstić information content (AvgIpc) is 3.44. The highest BCUT2D eigenvalue weighted by molar-refractivity contribution is 6.00. The summed E-state index contributed by atoms with van der Waals surface area (Å²) in [5.74, 6) is 0.521. The van der Waals surface area contributed by atoms with E-state index < -0.39 is 12.0 Å². The SMILES string of the molecule is COc1cc(C2C(C#N)=C(N)OC3=C2C(=O)CC(c2ccco2)C3)ccc1OC(=O)N1CCOCC1. The number of benzene rings is 1. The molecule has 186 valence electrons. The van der Waals surface area contributed by atoms with Crippen molar-refractivity contribution >= 4 is 11.9 Å². The number of rotatable bonds is 4. The fourth-order valence-electron chi connectivity index (χ4n) is 4.82. The van der Waals surface area contributed by atoms with Crippen molar-refractivity contribution in [1.29, 1.82) is 5.26 Å². The number of Topliss-reactive ketones (excluding diaryl/α,β-unsaturated/α-hetero) is 1. The van der Waals surface area contributed by atoms with E-state index in [1.165, 1.54) is 7.11 Å². The number of hydrogen-bond acceptors (Lipinski definition) is 9. The lowest BCUT2D eigenvalue weighted by atomic mass is 9.74. The maximum atomic E-state index is 13.4. The lowest BCUT2D eigenvalue weighted by Crippen LogP contribution is -2.42. The summed E-state index contributed by atoms with van der Waals surface area (Å²) >= 11 is 0. The molecule has 2 unspecified atom stereocenters. The van der Waals surface area contributed by atoms with Crippen molar-refractivity contribution in [3.63, 3.8) is 0 Å². The molecule has 2 atom stereocenters. The van der Waals surface area contributed by atoms with Gasteiger partial charge < -0.3 is 34.0 Å². The lowest BCUT2D eigenvalue weighted by molar-refractivity contribution is -0.117. The minimum atomic E-state index is -0.735. The third kappa shape index (κ3) is 4.29. The molecule has 0 spiro atoms. The number of carbonyl (C=O) groups is 2. The molecule has 1 aromatic heterocycles. The molecule has 10 nitrogen and oxygen atoms in total. The number of allylic oxidation sites excluding steroid dienone is 3. The number of nitrogens with zero attached hydrogens (tertiary/aromatic N) is 2. The largest absolute Gasteiger partial charge is 0.493 e. The molecular formula is C26H25N3O7. The standard InChI is InChI=1S/C26H25N3O7/c1-32-21-12-15(4-5-20(21)36-26(31)29-6-9-33-10-7-29)23-17(14-27)25(28)35-22-13-16(11-18(30)24(22)23)19-3-2-8-34-19/h2-5,8,12,16,23H,6-7,9-11,13,28H2,1H3. The third-order valence-electron chi connectivity index (χ3n) is 6.59. The molecule has 10 heteroatoms. The van der Waals surface area contributed by atoms with E-state index in [-0.39, 0.29) is 41.1 Å². The van der Waals surface area contributed by atoms with Gasteiger partial charge in [-0.1, -0.05) is 6.07 Å². The van der Waals surface area contributed by atoms with Gasteiger partial charge in [-0.2, -0.15) is 5.26 Å². The van der Waals surface area contributed by atoms with Crippen LogP contribution in [0, 0.1) is 11.3 Å². The van der Waals surface area contributed by atoms with E-state index in [4.69, 9.17) is 29.1 Å². The maximum absolute atomic E-state index is 13.4. The zero-order valence-corrected chi connectivity index (χ0v) is 19.7. The Bertz CT molecular complexity index is 1280. The van der Waals surface area contributed by atoms with Gasteiger partial charge in [0, 0.05) is 37.4 Å². The zero-order valence-electron chi connectivity index (χ0n) is 19.7. The van der Waals surface area contributed by atoms with Crippen molar-refractivity contribution in [3.05, 3.63) is 70.7 Å². The van der Waals surface area contributed by atoms with Crippen molar-refractivity contribution in [2.75, 3.05) is 33.4 Å². The Morgan fingerprint density at radius 1 is 1.19 bits per heavy atom. The zero-order chi connectivity index (χ0) is 25.2. The number of carbonyl (C=O) groups excluding carboxylic acids is 2. The number of hydrogen-bond donors (Lipinski definition) is 1. The fourth-order valence-corrected chi connectivity index (χ4v) is 4.82. The molecule has 2 aliphatic heterocycles. The number of nitriles is 1. The smallest absolute Gasteiger partial charge is 0.415 e. The summed E-state index contributed by atoms with van der Waals surface area (Å²) < 4.78 is 27.6. The first-order valence-corrected chi connectivity index (χ1v) is 11.6. The lowest BCUT2D eigenvalue weighted by Gasteiger charge is -2.33. The molecule has 1 fully saturated rings. The second-order valence-corrected chi connectivity index (χ2v) is 8.68. The van der Waals surface area contributed by atoms with Gasteiger partial charge in [0.15, 0.2) is 17.3 Å². The number of morpholine rings is 1. The van der Waals surface area contributed by atoms with Crippen LogP contribution in [-0.2, 0) is 14.3 Å². The predicted molar refractivity (Wildman–Crippen MR) is 125 cm³/mol. The normalized spacial score (nSPS) is 22.0. The van der Waals surface area contributed by atoms with Crippen LogP contribution in [0.25, 0.3) is 0 Å². The number of furan rings is 1. The minimum Gasteiger partial charge on any atom is -0.493 e. The molecule has 1 aromatic carbocycles. The van der Waals surface area contributed by atoms with E-state index in [0.29, 0.717) is 55.4 Å². The van der Waals surface area contributed by atoms with Gasteiger partial charge in [-0.15, -0.1) is 0 Å². The van der Waals surface area contributed by atoms with E-state index in [0.717, 1.165) is 0 Å². The third-order valence-corrected chi connectivity index (χ3v) is 6.59. The molecule has 1 amide bonds. The monoisotopic (exact) mass is 491 g/mol. The topological polar surface area (TPSA) is 137 Å². The average molecular weight is 492 g/mol. The van der Waals surface area contributed by atoms with Crippen molar-refractivity contribution in [3.8, 4) is 17.6 Å². The Balaban J connectivity index is 1.48. The first-order chi connectivity index (χ1) is 17.5. The van der Waals surface area contributed by atoms with Gasteiger partial charge in [0.25, 0.3) is 0 Å². The summed E-state index contributed by atoms with van der Waals surface area (Å²) in [6.45, 7) is 1.78. The summed E-state index contributed by atoms with van der Waals surface area (Å²) in [5.41, 5.74) is 7.26. The summed E-state index contributed by atoms with van der Waals surface area (Å²) in [6, 6.07) is 10.6. The summed E-state index contributed by atoms with van der Waals surface area (Å²) in [5, 5.41) is 9.88. The summed E-state index contributed by atoms with van der Waals surface area (Å²) in [6.07, 6.45) is 1.69. The number of amides is 1. The highest BCUT2D eigenvalue weighted by Crippen LogP contribution is 2.47. The number of ketones is 1. The Labute approximate surface area is 207 Å². The van der Waals surface area contributed by atoms with Crippen LogP contribution in [0.4, 0.5) is 4.79 Å². The van der Waals surface area contributed by atoms with Crippen LogP contribution in [0.1, 0.15) is 36.0 Å². The Hall–Kier alpha value is -4.23. The van der Waals surface area contributed by atoms with E-state index in [1.54, 1.807) is 35.4 Å². The molecule has 3 heterocycles. The van der Waals surface area contributed by atoms with E-state index in [9.17, 15) is 14.9 Å². The van der Waals surface area contributed by atoms with Crippen LogP contribution < -0.4 is 15.2 Å². The van der Waals surface area contributed by atoms with Gasteiger partial charge in [-0.25, -0.2) is 4.79 Å². The number of methoxy groups -OCH3 is 1. The maximum Gasteiger partial charge on any atom is 0.415 e. The highest BCUT2D eigenvalue weighted by Gasteiger charge is 2.41. The molecule has 0 saturated carbocycles. The number of nitrogens with two attached hydrogens (primary N) is 1.